The summed E-state index contributed by atoms with van der Waals surface area (Å²) in [6.45, 7) is 3.68. The number of halogens is 4. The summed E-state index contributed by atoms with van der Waals surface area (Å²) in [5.41, 5.74) is 1.44. The van der Waals surface area contributed by atoms with Crippen LogP contribution in [0.4, 0.5) is 29.1 Å². The molecule has 1 aromatic carbocycles. The van der Waals surface area contributed by atoms with Crippen molar-refractivity contribution in [2.75, 3.05) is 23.9 Å². The smallest absolute Gasteiger partial charge is 0.490 e. The summed E-state index contributed by atoms with van der Waals surface area (Å²) in [6.07, 6.45) is -3.13. The van der Waals surface area contributed by atoms with E-state index in [1.807, 2.05) is 25.8 Å². The van der Waals surface area contributed by atoms with E-state index in [1.165, 1.54) is 6.07 Å². The van der Waals surface area contributed by atoms with Crippen molar-refractivity contribution >= 4 is 17.4 Å². The maximum Gasteiger partial charge on any atom is 0.573 e. The van der Waals surface area contributed by atoms with Crippen LogP contribution in [-0.2, 0) is 11.2 Å². The van der Waals surface area contributed by atoms with E-state index in [0.29, 0.717) is 30.8 Å². The first-order valence-corrected chi connectivity index (χ1v) is 10.5. The lowest BCUT2D eigenvalue weighted by Crippen LogP contribution is -2.50. The van der Waals surface area contributed by atoms with Gasteiger partial charge in [0.1, 0.15) is 23.3 Å². The minimum Gasteiger partial charge on any atom is -0.490 e. The van der Waals surface area contributed by atoms with Crippen molar-refractivity contribution in [2.24, 2.45) is 5.92 Å². The number of aromatic nitrogens is 2. The second-order valence-corrected chi connectivity index (χ2v) is 8.50. The highest BCUT2D eigenvalue weighted by Gasteiger charge is 2.36. The number of nitrogens with zero attached hydrogens (tertiary/aromatic N) is 4. The zero-order valence-electron chi connectivity index (χ0n) is 18.6. The number of rotatable bonds is 5. The van der Waals surface area contributed by atoms with Gasteiger partial charge in [-0.25, -0.2) is 14.4 Å². The first-order valence-electron chi connectivity index (χ1n) is 10.5. The van der Waals surface area contributed by atoms with Crippen LogP contribution in [0.5, 0.6) is 11.5 Å². The van der Waals surface area contributed by atoms with Gasteiger partial charge in [-0.15, -0.1) is 13.2 Å². The summed E-state index contributed by atoms with van der Waals surface area (Å²) in [5, 5.41) is 0. The molecule has 178 valence electrons. The maximum absolute atomic E-state index is 13.9. The molecule has 1 aliphatic carbocycles. The standard InChI is InChI=1S/C22H24F4N4O3/c1-11-19-20(29(3)12(2)21(31)30(19)4)28-18(27-11)9-13-7-15(8-13)32-14-5-6-17(16(23)10-14)33-22(24,25)26/h5-6,10,12-13,15H,7-9H2,1-4H3/t12-,13?,15?/m0/s1. The highest BCUT2D eigenvalue weighted by Crippen LogP contribution is 2.38. The average Bonchev–Trinajstić information content (AvgIpc) is 2.69. The van der Waals surface area contributed by atoms with Gasteiger partial charge in [-0.05, 0) is 44.7 Å². The van der Waals surface area contributed by atoms with Crippen molar-refractivity contribution in [1.82, 2.24) is 9.97 Å². The van der Waals surface area contributed by atoms with Crippen LogP contribution >= 0.6 is 0 Å². The van der Waals surface area contributed by atoms with Gasteiger partial charge in [0.2, 0.25) is 5.91 Å². The van der Waals surface area contributed by atoms with Crippen molar-refractivity contribution in [1.29, 1.82) is 0 Å². The molecule has 2 heterocycles. The molecule has 0 spiro atoms. The molecular formula is C22H24F4N4O3. The molecule has 1 saturated carbocycles. The fourth-order valence-electron chi connectivity index (χ4n) is 4.23. The summed E-state index contributed by atoms with van der Waals surface area (Å²) >= 11 is 0. The normalized spacial score (nSPS) is 22.7. The molecule has 1 fully saturated rings. The third-order valence-electron chi connectivity index (χ3n) is 6.12. The van der Waals surface area contributed by atoms with Crippen molar-refractivity contribution in [3.8, 4) is 11.5 Å². The minimum absolute atomic E-state index is 0.0159. The number of fused-ring (bicyclic) bond motifs is 1. The number of anilines is 2. The first-order chi connectivity index (χ1) is 15.4. The summed E-state index contributed by atoms with van der Waals surface area (Å²) < 4.78 is 59.9. The molecule has 1 atom stereocenters. The number of amides is 1. The molecule has 4 rings (SSSR count). The van der Waals surface area contributed by atoms with Crippen LogP contribution in [-0.4, -0.2) is 48.5 Å². The van der Waals surface area contributed by atoms with Crippen molar-refractivity contribution in [2.45, 2.75) is 51.6 Å². The van der Waals surface area contributed by atoms with Gasteiger partial charge in [0.05, 0.1) is 11.8 Å². The Bertz CT molecular complexity index is 1070. The lowest BCUT2D eigenvalue weighted by molar-refractivity contribution is -0.275. The number of alkyl halides is 3. The largest absolute Gasteiger partial charge is 0.573 e. The summed E-state index contributed by atoms with van der Waals surface area (Å²) in [6, 6.07) is 2.72. The number of likely N-dealkylation sites (N-methyl/N-ethyl adjacent to an activating group) is 2. The van der Waals surface area contributed by atoms with E-state index in [1.54, 1.807) is 11.9 Å². The van der Waals surface area contributed by atoms with Gasteiger partial charge in [0.25, 0.3) is 0 Å². The van der Waals surface area contributed by atoms with E-state index in [-0.39, 0.29) is 29.7 Å². The van der Waals surface area contributed by atoms with E-state index >= 15 is 0 Å². The molecule has 33 heavy (non-hydrogen) atoms. The Morgan fingerprint density at radius 3 is 2.52 bits per heavy atom. The monoisotopic (exact) mass is 468 g/mol. The number of hydrogen-bond donors (Lipinski definition) is 0. The van der Waals surface area contributed by atoms with Gasteiger partial charge in [-0.1, -0.05) is 0 Å². The number of ether oxygens (including phenoxy) is 2. The van der Waals surface area contributed by atoms with Gasteiger partial charge < -0.3 is 19.3 Å². The Morgan fingerprint density at radius 1 is 1.18 bits per heavy atom. The van der Waals surface area contributed by atoms with Crippen LogP contribution in [0.15, 0.2) is 18.2 Å². The zero-order valence-corrected chi connectivity index (χ0v) is 18.6. The molecule has 2 aromatic rings. The van der Waals surface area contributed by atoms with Gasteiger partial charge in [-0.3, -0.25) is 4.79 Å². The quantitative estimate of drug-likeness (QED) is 0.618. The number of hydrogen-bond acceptors (Lipinski definition) is 6. The van der Waals surface area contributed by atoms with E-state index < -0.39 is 17.9 Å². The fourth-order valence-corrected chi connectivity index (χ4v) is 4.23. The van der Waals surface area contributed by atoms with Crippen LogP contribution < -0.4 is 19.3 Å². The predicted octanol–water partition coefficient (Wildman–Crippen LogP) is 4.02. The molecule has 1 aliphatic heterocycles. The molecule has 0 N–H and O–H groups in total. The lowest BCUT2D eigenvalue weighted by Gasteiger charge is -2.38. The molecule has 0 saturated heterocycles. The summed E-state index contributed by atoms with van der Waals surface area (Å²) in [4.78, 5) is 25.1. The highest BCUT2D eigenvalue weighted by atomic mass is 19.4. The third-order valence-corrected chi connectivity index (χ3v) is 6.12. The molecule has 2 aliphatic rings. The maximum atomic E-state index is 13.9. The Labute approximate surface area is 188 Å². The molecular weight excluding hydrogens is 444 g/mol. The van der Waals surface area contributed by atoms with E-state index in [0.717, 1.165) is 23.6 Å². The fraction of sp³-hybridized carbons (Fsp3) is 0.500. The number of carbonyl (C=O) groups is 1. The minimum atomic E-state index is -4.96. The lowest BCUT2D eigenvalue weighted by atomic mass is 9.80. The first kappa shape index (κ1) is 23.1. The topological polar surface area (TPSA) is 67.8 Å². The molecule has 1 aromatic heterocycles. The second kappa shape index (κ2) is 8.35. The van der Waals surface area contributed by atoms with Crippen molar-refractivity contribution < 1.29 is 31.8 Å². The van der Waals surface area contributed by atoms with Crippen LogP contribution in [0.1, 0.15) is 31.3 Å². The van der Waals surface area contributed by atoms with Gasteiger partial charge in [0, 0.05) is 26.6 Å². The molecule has 0 bridgehead atoms. The average molecular weight is 468 g/mol. The molecule has 7 nitrogen and oxygen atoms in total. The van der Waals surface area contributed by atoms with Crippen LogP contribution in [0, 0.1) is 18.7 Å². The Morgan fingerprint density at radius 2 is 1.88 bits per heavy atom. The van der Waals surface area contributed by atoms with Gasteiger partial charge in [-0.2, -0.15) is 0 Å². The summed E-state index contributed by atoms with van der Waals surface area (Å²) in [5.74, 6) is -0.247. The molecule has 0 radical (unpaired) electrons. The van der Waals surface area contributed by atoms with Gasteiger partial charge >= 0.3 is 6.36 Å². The third kappa shape index (κ3) is 4.67. The van der Waals surface area contributed by atoms with Crippen LogP contribution in [0.25, 0.3) is 0 Å². The SMILES string of the molecule is Cc1nc(CC2CC(Oc3ccc(OC(F)(F)F)c(F)c3)C2)nc2c1N(C)C(=O)[C@H](C)N2C. The number of benzene rings is 1. The van der Waals surface area contributed by atoms with E-state index in [4.69, 9.17) is 9.72 Å². The van der Waals surface area contributed by atoms with Gasteiger partial charge in [0.15, 0.2) is 17.4 Å². The Hall–Kier alpha value is -3.11. The second-order valence-electron chi connectivity index (χ2n) is 8.50. The molecule has 11 heteroatoms. The molecule has 1 amide bonds. The van der Waals surface area contributed by atoms with E-state index in [2.05, 4.69) is 9.72 Å². The highest BCUT2D eigenvalue weighted by molar-refractivity contribution is 6.04. The van der Waals surface area contributed by atoms with E-state index in [9.17, 15) is 22.4 Å². The number of aryl methyl sites for hydroxylation is 1. The Kier molecular flexibility index (Phi) is 5.83. The Balaban J connectivity index is 1.37. The van der Waals surface area contributed by atoms with Crippen LogP contribution in [0.2, 0.25) is 0 Å². The summed E-state index contributed by atoms with van der Waals surface area (Å²) in [7, 11) is 3.56. The van der Waals surface area contributed by atoms with Crippen molar-refractivity contribution in [3.63, 3.8) is 0 Å². The van der Waals surface area contributed by atoms with Crippen molar-refractivity contribution in [3.05, 3.63) is 35.5 Å². The van der Waals surface area contributed by atoms with Crippen LogP contribution in [0.3, 0.4) is 0 Å². The zero-order chi connectivity index (χ0) is 24.1. The number of carbonyl (C=O) groups excluding carboxylic acids is 1. The predicted molar refractivity (Wildman–Crippen MR) is 112 cm³/mol. The molecule has 0 unspecified atom stereocenters.